The zero-order chi connectivity index (χ0) is 23.4. The van der Waals surface area contributed by atoms with Crippen molar-refractivity contribution in [2.75, 3.05) is 19.6 Å². The van der Waals surface area contributed by atoms with Crippen LogP contribution < -0.4 is 4.72 Å². The smallest absolute Gasteiger partial charge is 0.245 e. The lowest BCUT2D eigenvalue weighted by atomic mass is 9.97. The van der Waals surface area contributed by atoms with Crippen LogP contribution >= 0.6 is 0 Å². The molecule has 0 saturated carbocycles. The molecule has 2 amide bonds. The summed E-state index contributed by atoms with van der Waals surface area (Å²) in [5.41, 5.74) is 2.01. The van der Waals surface area contributed by atoms with E-state index < -0.39 is 16.1 Å². The second-order valence-electron chi connectivity index (χ2n) is 9.02. The largest absolute Gasteiger partial charge is 0.341 e. The van der Waals surface area contributed by atoms with Gasteiger partial charge in [0.25, 0.3) is 0 Å². The quantitative estimate of drug-likeness (QED) is 0.676. The minimum absolute atomic E-state index is 0.0108. The van der Waals surface area contributed by atoms with Crippen LogP contribution in [-0.4, -0.2) is 55.7 Å². The number of likely N-dealkylation sites (tertiary alicyclic amines) is 2. The minimum atomic E-state index is -3.59. The van der Waals surface area contributed by atoms with Crippen LogP contribution in [0, 0.1) is 12.8 Å². The highest BCUT2D eigenvalue weighted by molar-refractivity contribution is 7.89. The summed E-state index contributed by atoms with van der Waals surface area (Å²) in [5, 5.41) is 0. The molecular formula is C25H31N3O4S. The molecule has 4 rings (SSSR count). The third-order valence-electron chi connectivity index (χ3n) is 6.53. The van der Waals surface area contributed by atoms with Gasteiger partial charge in [-0.05, 0) is 49.8 Å². The van der Waals surface area contributed by atoms with Crippen LogP contribution in [0.5, 0.6) is 0 Å². The van der Waals surface area contributed by atoms with Gasteiger partial charge in [-0.2, -0.15) is 0 Å². The first kappa shape index (κ1) is 23.4. The van der Waals surface area contributed by atoms with Crippen molar-refractivity contribution in [3.05, 3.63) is 65.7 Å². The summed E-state index contributed by atoms with van der Waals surface area (Å²) >= 11 is 0. The average Bonchev–Trinajstić information content (AvgIpc) is 3.18. The van der Waals surface area contributed by atoms with Gasteiger partial charge in [0, 0.05) is 32.6 Å². The summed E-state index contributed by atoms with van der Waals surface area (Å²) in [6, 6.07) is 16.0. The maximum atomic E-state index is 13.3. The van der Waals surface area contributed by atoms with E-state index in [2.05, 4.69) is 4.72 Å². The number of nitrogens with one attached hydrogen (secondary N) is 1. The molecular weight excluding hydrogens is 438 g/mol. The Labute approximate surface area is 195 Å². The predicted octanol–water partition coefficient (Wildman–Crippen LogP) is 2.70. The molecule has 0 aromatic heterocycles. The molecule has 2 aliphatic rings. The van der Waals surface area contributed by atoms with Gasteiger partial charge in [-0.15, -0.1) is 0 Å². The molecule has 2 aromatic rings. The number of carbonyl (C=O) groups excluding carboxylic acids is 2. The number of amides is 2. The molecule has 2 fully saturated rings. The van der Waals surface area contributed by atoms with Crippen molar-refractivity contribution in [1.29, 1.82) is 0 Å². The Morgan fingerprint density at radius 2 is 1.79 bits per heavy atom. The van der Waals surface area contributed by atoms with E-state index in [0.29, 0.717) is 32.5 Å². The highest BCUT2D eigenvalue weighted by atomic mass is 32.2. The van der Waals surface area contributed by atoms with Crippen LogP contribution in [0.15, 0.2) is 59.5 Å². The fourth-order valence-electron chi connectivity index (χ4n) is 4.64. The van der Waals surface area contributed by atoms with Crippen molar-refractivity contribution in [3.63, 3.8) is 0 Å². The first-order valence-electron chi connectivity index (χ1n) is 11.5. The average molecular weight is 470 g/mol. The van der Waals surface area contributed by atoms with Crippen molar-refractivity contribution in [1.82, 2.24) is 14.5 Å². The van der Waals surface area contributed by atoms with Crippen LogP contribution in [0.4, 0.5) is 0 Å². The van der Waals surface area contributed by atoms with E-state index in [1.165, 1.54) is 0 Å². The molecule has 33 heavy (non-hydrogen) atoms. The molecule has 2 aromatic carbocycles. The Morgan fingerprint density at radius 3 is 2.52 bits per heavy atom. The van der Waals surface area contributed by atoms with Gasteiger partial charge in [0.05, 0.1) is 4.90 Å². The molecule has 7 nitrogen and oxygen atoms in total. The van der Waals surface area contributed by atoms with Gasteiger partial charge in [0.2, 0.25) is 21.8 Å². The van der Waals surface area contributed by atoms with E-state index in [-0.39, 0.29) is 29.2 Å². The number of piperidine rings is 1. The summed E-state index contributed by atoms with van der Waals surface area (Å²) in [6.45, 7) is 3.78. The lowest BCUT2D eigenvalue weighted by Crippen LogP contribution is -2.50. The minimum Gasteiger partial charge on any atom is -0.341 e. The van der Waals surface area contributed by atoms with E-state index >= 15 is 0 Å². The highest BCUT2D eigenvalue weighted by Gasteiger charge is 2.39. The molecule has 2 aliphatic heterocycles. The number of aryl methyl sites for hydroxylation is 1. The predicted molar refractivity (Wildman–Crippen MR) is 126 cm³/mol. The van der Waals surface area contributed by atoms with Gasteiger partial charge in [-0.3, -0.25) is 9.59 Å². The van der Waals surface area contributed by atoms with Gasteiger partial charge < -0.3 is 9.80 Å². The lowest BCUT2D eigenvalue weighted by Gasteiger charge is -2.36. The van der Waals surface area contributed by atoms with Crippen LogP contribution in [0.3, 0.4) is 0 Å². The van der Waals surface area contributed by atoms with Crippen LogP contribution in [0.25, 0.3) is 0 Å². The van der Waals surface area contributed by atoms with Crippen LogP contribution in [0.2, 0.25) is 0 Å². The van der Waals surface area contributed by atoms with Gasteiger partial charge in [-0.1, -0.05) is 48.0 Å². The first-order chi connectivity index (χ1) is 15.8. The van der Waals surface area contributed by atoms with Crippen molar-refractivity contribution in [2.24, 2.45) is 5.92 Å². The van der Waals surface area contributed by atoms with Crippen molar-refractivity contribution in [2.45, 2.75) is 50.1 Å². The molecule has 0 aliphatic carbocycles. The summed E-state index contributed by atoms with van der Waals surface area (Å²) in [5.74, 6) is 0.0297. The molecule has 2 atom stereocenters. The second-order valence-corrected chi connectivity index (χ2v) is 10.8. The van der Waals surface area contributed by atoms with E-state index in [1.807, 2.05) is 42.2 Å². The summed E-state index contributed by atoms with van der Waals surface area (Å²) in [6.07, 6.45) is 2.60. The monoisotopic (exact) mass is 469 g/mol. The van der Waals surface area contributed by atoms with Crippen LogP contribution in [0.1, 0.15) is 36.8 Å². The second kappa shape index (κ2) is 10.1. The van der Waals surface area contributed by atoms with Crippen molar-refractivity contribution < 1.29 is 18.0 Å². The lowest BCUT2D eigenvalue weighted by molar-refractivity contribution is -0.143. The van der Waals surface area contributed by atoms with Crippen LogP contribution in [-0.2, 0) is 26.2 Å². The molecule has 8 heteroatoms. The fourth-order valence-corrected chi connectivity index (χ4v) is 5.76. The topological polar surface area (TPSA) is 86.8 Å². The molecule has 0 radical (unpaired) electrons. The van der Waals surface area contributed by atoms with Gasteiger partial charge in [0.1, 0.15) is 6.04 Å². The third-order valence-corrected chi connectivity index (χ3v) is 7.97. The number of benzene rings is 2. The first-order valence-corrected chi connectivity index (χ1v) is 13.0. The molecule has 0 bridgehead atoms. The Bertz CT molecular complexity index is 1090. The Morgan fingerprint density at radius 1 is 1.06 bits per heavy atom. The molecule has 2 heterocycles. The van der Waals surface area contributed by atoms with Gasteiger partial charge >= 0.3 is 0 Å². The Hall–Kier alpha value is -2.71. The molecule has 0 spiro atoms. The molecule has 176 valence electrons. The van der Waals surface area contributed by atoms with E-state index in [4.69, 9.17) is 0 Å². The van der Waals surface area contributed by atoms with E-state index in [1.54, 1.807) is 29.2 Å². The zero-order valence-electron chi connectivity index (χ0n) is 18.9. The SMILES string of the molecule is Cc1ccc(S(=O)(=O)NCC2CCCN(C(=O)[C@@H]3CCC(=O)N3Cc3ccccc3)C2)cc1. The van der Waals surface area contributed by atoms with E-state index in [9.17, 15) is 18.0 Å². The van der Waals surface area contributed by atoms with Crippen molar-refractivity contribution in [3.8, 4) is 0 Å². The summed E-state index contributed by atoms with van der Waals surface area (Å²) in [7, 11) is -3.59. The number of carbonyl (C=O) groups is 2. The normalized spacial score (nSPS) is 21.4. The molecule has 1 unspecified atom stereocenters. The van der Waals surface area contributed by atoms with Crippen molar-refractivity contribution >= 4 is 21.8 Å². The fraction of sp³-hybridized carbons (Fsp3) is 0.440. The number of rotatable bonds is 7. The number of nitrogens with zero attached hydrogens (tertiary/aromatic N) is 2. The standard InChI is InChI=1S/C25H31N3O4S/c1-19-9-11-22(12-10-19)33(31,32)26-16-21-8-5-15-27(17-21)25(30)23-13-14-24(29)28(23)18-20-6-3-2-4-7-20/h2-4,6-7,9-12,21,23,26H,5,8,13-18H2,1H3/t21?,23-/m0/s1. The number of hydrogen-bond acceptors (Lipinski definition) is 4. The number of sulfonamides is 1. The Kier molecular flexibility index (Phi) is 7.14. The van der Waals surface area contributed by atoms with Gasteiger partial charge in [0.15, 0.2) is 0 Å². The number of hydrogen-bond donors (Lipinski definition) is 1. The summed E-state index contributed by atoms with van der Waals surface area (Å²) in [4.78, 5) is 29.6. The zero-order valence-corrected chi connectivity index (χ0v) is 19.8. The maximum Gasteiger partial charge on any atom is 0.245 e. The Balaban J connectivity index is 1.37. The third kappa shape index (κ3) is 5.62. The summed E-state index contributed by atoms with van der Waals surface area (Å²) < 4.78 is 28.0. The van der Waals surface area contributed by atoms with E-state index in [0.717, 1.165) is 24.0 Å². The highest BCUT2D eigenvalue weighted by Crippen LogP contribution is 2.26. The van der Waals surface area contributed by atoms with Gasteiger partial charge in [-0.25, -0.2) is 13.1 Å². The molecule has 2 saturated heterocycles. The maximum absolute atomic E-state index is 13.3. The molecule has 1 N–H and O–H groups in total.